The fourth-order valence-corrected chi connectivity index (χ4v) is 2.56. The van der Waals surface area contributed by atoms with Gasteiger partial charge >= 0.3 is 0 Å². The van der Waals surface area contributed by atoms with Gasteiger partial charge in [-0.25, -0.2) is 0 Å². The maximum absolute atomic E-state index is 12.0. The molecule has 0 bridgehead atoms. The minimum absolute atomic E-state index is 0.0629. The van der Waals surface area contributed by atoms with Gasteiger partial charge in [-0.1, -0.05) is 53.5 Å². The summed E-state index contributed by atoms with van der Waals surface area (Å²) in [6.07, 6.45) is 0. The number of rotatable bonds is 5. The van der Waals surface area contributed by atoms with Crippen LogP contribution in [0.5, 0.6) is 5.75 Å². The molecule has 0 fully saturated rings. The van der Waals surface area contributed by atoms with Gasteiger partial charge in [0.25, 0.3) is 5.91 Å². The Morgan fingerprint density at radius 3 is 2.68 bits per heavy atom. The molecule has 0 unspecified atom stereocenters. The Morgan fingerprint density at radius 2 is 2.00 bits per heavy atom. The largest absolute Gasteiger partial charge is 0.483 e. The minimum Gasteiger partial charge on any atom is -0.483 e. The summed E-state index contributed by atoms with van der Waals surface area (Å²) in [5.74, 6) is 0.775. The van der Waals surface area contributed by atoms with E-state index >= 15 is 0 Å². The number of ether oxygens (including phenoxy) is 1. The van der Waals surface area contributed by atoms with Gasteiger partial charge in [0.05, 0.1) is 10.7 Å². The fraction of sp³-hybridized carbons (Fsp3) is 0.235. The molecule has 0 aliphatic rings. The number of benzene rings is 2. The molecule has 1 N–H and O–H groups in total. The smallest absolute Gasteiger partial charge is 0.262 e. The maximum atomic E-state index is 12.0. The molecule has 22 heavy (non-hydrogen) atoms. The lowest BCUT2D eigenvalue weighted by molar-refractivity contribution is -0.118. The van der Waals surface area contributed by atoms with Crippen molar-refractivity contribution < 1.29 is 9.53 Å². The van der Waals surface area contributed by atoms with E-state index in [-0.39, 0.29) is 12.5 Å². The Kier molecular flexibility index (Phi) is 5.86. The molecule has 0 aliphatic carbocycles. The first-order valence-corrected chi connectivity index (χ1v) is 8.11. The molecule has 3 nitrogen and oxygen atoms in total. The molecular formula is C17H17BrClNO2. The first-order valence-electron chi connectivity index (χ1n) is 6.94. The summed E-state index contributed by atoms with van der Waals surface area (Å²) in [5.41, 5.74) is 1.64. The summed E-state index contributed by atoms with van der Waals surface area (Å²) in [7, 11) is 0. The Labute approximate surface area is 143 Å². The number of amides is 1. The number of carbonyl (C=O) groups excluding carboxylic acids is 1. The molecule has 0 saturated carbocycles. The fourth-order valence-electron chi connectivity index (χ4n) is 1.99. The van der Waals surface area contributed by atoms with Crippen LogP contribution in [0.1, 0.15) is 25.3 Å². The van der Waals surface area contributed by atoms with E-state index in [9.17, 15) is 4.79 Å². The lowest BCUT2D eigenvalue weighted by Gasteiger charge is -2.14. The molecule has 0 atom stereocenters. The van der Waals surface area contributed by atoms with Crippen LogP contribution in [0.4, 0.5) is 5.69 Å². The van der Waals surface area contributed by atoms with Crippen molar-refractivity contribution in [1.29, 1.82) is 0 Å². The third-order valence-electron chi connectivity index (χ3n) is 3.10. The predicted octanol–water partition coefficient (Wildman–Crippen LogP) is 5.24. The molecule has 0 aromatic heterocycles. The van der Waals surface area contributed by atoms with E-state index in [2.05, 4.69) is 35.1 Å². The third kappa shape index (κ3) is 4.49. The quantitative estimate of drug-likeness (QED) is 0.767. The molecule has 2 rings (SSSR count). The van der Waals surface area contributed by atoms with Crippen LogP contribution >= 0.6 is 27.5 Å². The molecule has 0 saturated heterocycles. The zero-order chi connectivity index (χ0) is 16.1. The number of hydrogen-bond donors (Lipinski definition) is 1. The van der Waals surface area contributed by atoms with Crippen molar-refractivity contribution in [3.63, 3.8) is 0 Å². The normalized spacial score (nSPS) is 10.6. The van der Waals surface area contributed by atoms with E-state index in [4.69, 9.17) is 16.3 Å². The third-order valence-corrected chi connectivity index (χ3v) is 3.92. The van der Waals surface area contributed by atoms with Crippen LogP contribution in [0.2, 0.25) is 5.02 Å². The van der Waals surface area contributed by atoms with Crippen molar-refractivity contribution in [3.05, 3.63) is 57.5 Å². The van der Waals surface area contributed by atoms with E-state index in [0.717, 1.165) is 10.0 Å². The summed E-state index contributed by atoms with van der Waals surface area (Å²) >= 11 is 9.46. The highest BCUT2D eigenvalue weighted by atomic mass is 79.9. The summed E-state index contributed by atoms with van der Waals surface area (Å²) in [6.45, 7) is 4.10. The van der Waals surface area contributed by atoms with Gasteiger partial charge in [-0.3, -0.25) is 4.79 Å². The zero-order valence-electron chi connectivity index (χ0n) is 12.4. The van der Waals surface area contributed by atoms with Crippen LogP contribution in [0.25, 0.3) is 0 Å². The van der Waals surface area contributed by atoms with E-state index in [1.54, 1.807) is 12.1 Å². The van der Waals surface area contributed by atoms with E-state index in [0.29, 0.717) is 22.4 Å². The molecule has 5 heteroatoms. The molecule has 0 aliphatic heterocycles. The van der Waals surface area contributed by atoms with Crippen molar-refractivity contribution in [1.82, 2.24) is 0 Å². The summed E-state index contributed by atoms with van der Waals surface area (Å²) in [6, 6.07) is 12.9. The summed E-state index contributed by atoms with van der Waals surface area (Å²) in [4.78, 5) is 12.0. The predicted molar refractivity (Wildman–Crippen MR) is 93.8 cm³/mol. The summed E-state index contributed by atoms with van der Waals surface area (Å²) < 4.78 is 6.64. The van der Waals surface area contributed by atoms with E-state index in [1.807, 2.05) is 30.3 Å². The van der Waals surface area contributed by atoms with Crippen LogP contribution in [-0.2, 0) is 4.79 Å². The standard InChI is InChI=1S/C17H17BrClNO2/c1-11(2)13-9-12(18)7-8-16(13)22-10-17(21)20-15-6-4-3-5-14(15)19/h3-9,11H,10H2,1-2H3,(H,20,21). The van der Waals surface area contributed by atoms with Crippen LogP contribution in [0.3, 0.4) is 0 Å². The Bertz CT molecular complexity index is 673. The molecule has 2 aromatic rings. The second-order valence-corrected chi connectivity index (χ2v) is 6.48. The first kappa shape index (κ1) is 16.8. The number of anilines is 1. The van der Waals surface area contributed by atoms with Gasteiger partial charge in [-0.2, -0.15) is 0 Å². The van der Waals surface area contributed by atoms with Gasteiger partial charge in [0.15, 0.2) is 6.61 Å². The average molecular weight is 383 g/mol. The lowest BCUT2D eigenvalue weighted by atomic mass is 10.0. The van der Waals surface area contributed by atoms with Crippen LogP contribution < -0.4 is 10.1 Å². The Balaban J connectivity index is 2.01. The summed E-state index contributed by atoms with van der Waals surface area (Å²) in [5, 5.41) is 3.24. The van der Waals surface area contributed by atoms with Crippen molar-refractivity contribution >= 4 is 39.1 Å². The van der Waals surface area contributed by atoms with Gasteiger partial charge in [-0.15, -0.1) is 0 Å². The molecule has 1 amide bonds. The first-order chi connectivity index (χ1) is 10.5. The van der Waals surface area contributed by atoms with Crippen molar-refractivity contribution in [3.8, 4) is 5.75 Å². The molecular weight excluding hydrogens is 366 g/mol. The van der Waals surface area contributed by atoms with Gasteiger partial charge in [0.1, 0.15) is 5.75 Å². The van der Waals surface area contributed by atoms with Crippen LogP contribution in [0, 0.1) is 0 Å². The highest BCUT2D eigenvalue weighted by Crippen LogP contribution is 2.29. The number of nitrogens with one attached hydrogen (secondary N) is 1. The van der Waals surface area contributed by atoms with Crippen LogP contribution in [-0.4, -0.2) is 12.5 Å². The number of halogens is 2. The van der Waals surface area contributed by atoms with Crippen molar-refractivity contribution in [2.24, 2.45) is 0 Å². The Hall–Kier alpha value is -1.52. The molecule has 0 heterocycles. The number of para-hydroxylation sites is 1. The maximum Gasteiger partial charge on any atom is 0.262 e. The van der Waals surface area contributed by atoms with Gasteiger partial charge in [0.2, 0.25) is 0 Å². The second kappa shape index (κ2) is 7.65. The van der Waals surface area contributed by atoms with Gasteiger partial charge in [0, 0.05) is 4.47 Å². The molecule has 2 aromatic carbocycles. The SMILES string of the molecule is CC(C)c1cc(Br)ccc1OCC(=O)Nc1ccccc1Cl. The van der Waals surface area contributed by atoms with E-state index in [1.165, 1.54) is 0 Å². The molecule has 0 spiro atoms. The van der Waals surface area contributed by atoms with Crippen LogP contribution in [0.15, 0.2) is 46.9 Å². The minimum atomic E-state index is -0.245. The zero-order valence-corrected chi connectivity index (χ0v) is 14.7. The second-order valence-electron chi connectivity index (χ2n) is 5.15. The number of carbonyl (C=O) groups is 1. The lowest BCUT2D eigenvalue weighted by Crippen LogP contribution is -2.20. The highest BCUT2D eigenvalue weighted by molar-refractivity contribution is 9.10. The molecule has 116 valence electrons. The van der Waals surface area contributed by atoms with Gasteiger partial charge in [-0.05, 0) is 41.8 Å². The Morgan fingerprint density at radius 1 is 1.27 bits per heavy atom. The number of hydrogen-bond acceptors (Lipinski definition) is 2. The van der Waals surface area contributed by atoms with Crippen molar-refractivity contribution in [2.45, 2.75) is 19.8 Å². The van der Waals surface area contributed by atoms with E-state index < -0.39 is 0 Å². The van der Waals surface area contributed by atoms with Crippen molar-refractivity contribution in [2.75, 3.05) is 11.9 Å². The van der Waals surface area contributed by atoms with Gasteiger partial charge < -0.3 is 10.1 Å². The highest BCUT2D eigenvalue weighted by Gasteiger charge is 2.11. The monoisotopic (exact) mass is 381 g/mol. The average Bonchev–Trinajstić information content (AvgIpc) is 2.48. The topological polar surface area (TPSA) is 38.3 Å². The molecule has 0 radical (unpaired) electrons.